The minimum absolute atomic E-state index is 0.0512. The summed E-state index contributed by atoms with van der Waals surface area (Å²) in [6.45, 7) is 2.35. The lowest BCUT2D eigenvalue weighted by Gasteiger charge is -2.36. The fourth-order valence-corrected chi connectivity index (χ4v) is 1.90. The molecular weight excluding hydrogens is 223 g/mol. The van der Waals surface area contributed by atoms with Crippen LogP contribution < -0.4 is 0 Å². The van der Waals surface area contributed by atoms with Crippen molar-refractivity contribution in [2.45, 2.75) is 31.5 Å². The van der Waals surface area contributed by atoms with E-state index in [4.69, 9.17) is 0 Å². The van der Waals surface area contributed by atoms with Crippen LogP contribution in [0.3, 0.4) is 0 Å². The number of ether oxygens (including phenoxy) is 1. The van der Waals surface area contributed by atoms with Gasteiger partial charge in [-0.25, -0.2) is 0 Å². The molecular formula is C10H18F3NO2. The summed E-state index contributed by atoms with van der Waals surface area (Å²) in [5, 5.41) is 9.77. The van der Waals surface area contributed by atoms with E-state index in [1.165, 1.54) is 0 Å². The zero-order valence-electron chi connectivity index (χ0n) is 9.39. The third-order valence-corrected chi connectivity index (χ3v) is 2.57. The Bertz CT molecular complexity index is 219. The smallest absolute Gasteiger partial charge is 0.389 e. The van der Waals surface area contributed by atoms with Crippen molar-refractivity contribution in [1.29, 1.82) is 0 Å². The van der Waals surface area contributed by atoms with E-state index < -0.39 is 18.4 Å². The number of aliphatic hydroxyl groups is 1. The molecule has 16 heavy (non-hydrogen) atoms. The third kappa shape index (κ3) is 5.67. The number of rotatable bonds is 4. The minimum atomic E-state index is -4.26. The van der Waals surface area contributed by atoms with Gasteiger partial charge in [0.05, 0.1) is 12.2 Å². The first-order valence-electron chi connectivity index (χ1n) is 5.38. The first-order valence-corrected chi connectivity index (χ1v) is 5.38. The molecule has 1 fully saturated rings. The second kappa shape index (κ2) is 5.33. The van der Waals surface area contributed by atoms with Crippen LogP contribution in [0.25, 0.3) is 0 Å². The lowest BCUT2D eigenvalue weighted by Crippen LogP contribution is -2.47. The summed E-state index contributed by atoms with van der Waals surface area (Å²) in [4.78, 5) is 1.93. The van der Waals surface area contributed by atoms with E-state index >= 15 is 0 Å². The Labute approximate surface area is 93.2 Å². The molecule has 6 heteroatoms. The quantitative estimate of drug-likeness (QED) is 0.755. The standard InChI is InChI=1S/C10H18F3NO2/c1-9(15)3-2-4-14(7-9)5-6-16-8-10(11,12)13/h15H,2-8H2,1H3. The van der Waals surface area contributed by atoms with E-state index in [1.54, 1.807) is 6.92 Å². The molecule has 1 aliphatic heterocycles. The molecule has 1 saturated heterocycles. The molecule has 3 nitrogen and oxygen atoms in total. The molecule has 1 rings (SSSR count). The Morgan fingerprint density at radius 1 is 1.44 bits per heavy atom. The molecule has 0 bridgehead atoms. The molecule has 1 N–H and O–H groups in total. The van der Waals surface area contributed by atoms with Crippen LogP contribution in [-0.2, 0) is 4.74 Å². The molecule has 0 saturated carbocycles. The van der Waals surface area contributed by atoms with Crippen LogP contribution in [0, 0.1) is 0 Å². The van der Waals surface area contributed by atoms with Gasteiger partial charge < -0.3 is 9.84 Å². The summed E-state index contributed by atoms with van der Waals surface area (Å²) >= 11 is 0. The van der Waals surface area contributed by atoms with Crippen LogP contribution in [0.15, 0.2) is 0 Å². The SMILES string of the molecule is CC1(O)CCCN(CCOCC(F)(F)F)C1. The molecule has 0 radical (unpaired) electrons. The van der Waals surface area contributed by atoms with Gasteiger partial charge >= 0.3 is 6.18 Å². The van der Waals surface area contributed by atoms with Gasteiger partial charge in [0.1, 0.15) is 6.61 Å². The van der Waals surface area contributed by atoms with Crippen molar-refractivity contribution < 1.29 is 23.0 Å². The molecule has 0 amide bonds. The molecule has 1 heterocycles. The van der Waals surface area contributed by atoms with E-state index in [-0.39, 0.29) is 6.61 Å². The highest BCUT2D eigenvalue weighted by atomic mass is 19.4. The molecule has 1 aliphatic rings. The lowest BCUT2D eigenvalue weighted by atomic mass is 9.95. The highest BCUT2D eigenvalue weighted by Gasteiger charge is 2.29. The Hall–Kier alpha value is -0.330. The Morgan fingerprint density at radius 3 is 2.69 bits per heavy atom. The van der Waals surface area contributed by atoms with Gasteiger partial charge in [0.2, 0.25) is 0 Å². The van der Waals surface area contributed by atoms with Crippen LogP contribution in [0.5, 0.6) is 0 Å². The summed E-state index contributed by atoms with van der Waals surface area (Å²) in [5.74, 6) is 0. The van der Waals surface area contributed by atoms with Crippen LogP contribution in [-0.4, -0.2) is 54.6 Å². The van der Waals surface area contributed by atoms with Gasteiger partial charge in [-0.15, -0.1) is 0 Å². The van der Waals surface area contributed by atoms with E-state index in [0.717, 1.165) is 19.4 Å². The fourth-order valence-electron chi connectivity index (χ4n) is 1.90. The van der Waals surface area contributed by atoms with Gasteiger partial charge in [0, 0.05) is 13.1 Å². The summed E-state index contributed by atoms with van der Waals surface area (Å²) in [7, 11) is 0. The molecule has 0 spiro atoms. The molecule has 0 aliphatic carbocycles. The van der Waals surface area contributed by atoms with Crippen LogP contribution in [0.4, 0.5) is 13.2 Å². The summed E-state index contributed by atoms with van der Waals surface area (Å²) in [6, 6.07) is 0. The molecule has 1 atom stereocenters. The van der Waals surface area contributed by atoms with Gasteiger partial charge in [-0.2, -0.15) is 13.2 Å². The topological polar surface area (TPSA) is 32.7 Å². The fraction of sp³-hybridized carbons (Fsp3) is 1.00. The zero-order chi connectivity index (χ0) is 12.2. The number of β-amino-alcohol motifs (C(OH)–C–C–N with tert-alkyl or cyclic N) is 1. The second-order valence-corrected chi connectivity index (χ2v) is 4.54. The predicted octanol–water partition coefficient (Wildman–Crippen LogP) is 1.41. The zero-order valence-corrected chi connectivity index (χ0v) is 9.39. The molecule has 0 aromatic carbocycles. The van der Waals surface area contributed by atoms with E-state index in [2.05, 4.69) is 4.74 Å². The molecule has 1 unspecified atom stereocenters. The Morgan fingerprint density at radius 2 is 2.12 bits per heavy atom. The predicted molar refractivity (Wildman–Crippen MR) is 53.2 cm³/mol. The maximum atomic E-state index is 11.8. The van der Waals surface area contributed by atoms with Gasteiger partial charge in [0.15, 0.2) is 0 Å². The highest BCUT2D eigenvalue weighted by molar-refractivity contribution is 4.82. The maximum Gasteiger partial charge on any atom is 0.411 e. The van der Waals surface area contributed by atoms with Crippen LogP contribution in [0.2, 0.25) is 0 Å². The van der Waals surface area contributed by atoms with E-state index in [9.17, 15) is 18.3 Å². The van der Waals surface area contributed by atoms with Crippen molar-refractivity contribution in [3.05, 3.63) is 0 Å². The van der Waals surface area contributed by atoms with Crippen molar-refractivity contribution >= 4 is 0 Å². The summed E-state index contributed by atoms with van der Waals surface area (Å²) in [6.07, 6.45) is -2.65. The van der Waals surface area contributed by atoms with Crippen molar-refractivity contribution in [2.75, 3.05) is 32.8 Å². The third-order valence-electron chi connectivity index (χ3n) is 2.57. The second-order valence-electron chi connectivity index (χ2n) is 4.54. The highest BCUT2D eigenvalue weighted by Crippen LogP contribution is 2.20. The first kappa shape index (κ1) is 13.7. The average molecular weight is 241 g/mol. The van der Waals surface area contributed by atoms with Gasteiger partial charge in [-0.3, -0.25) is 4.90 Å². The van der Waals surface area contributed by atoms with Gasteiger partial charge in [-0.05, 0) is 26.3 Å². The number of alkyl halides is 3. The summed E-state index contributed by atoms with van der Waals surface area (Å²) in [5.41, 5.74) is -0.720. The largest absolute Gasteiger partial charge is 0.411 e. The normalized spacial score (nSPS) is 28.3. The average Bonchev–Trinajstić information content (AvgIpc) is 2.09. The van der Waals surface area contributed by atoms with E-state index in [1.807, 2.05) is 4.90 Å². The number of hydrogen-bond donors (Lipinski definition) is 1. The van der Waals surface area contributed by atoms with Crippen molar-refractivity contribution in [3.63, 3.8) is 0 Å². The Kier molecular flexibility index (Phi) is 4.58. The number of likely N-dealkylation sites (tertiary alicyclic amines) is 1. The van der Waals surface area contributed by atoms with Crippen molar-refractivity contribution in [3.8, 4) is 0 Å². The van der Waals surface area contributed by atoms with Crippen molar-refractivity contribution in [1.82, 2.24) is 4.90 Å². The number of nitrogens with zero attached hydrogens (tertiary/aromatic N) is 1. The van der Waals surface area contributed by atoms with Crippen molar-refractivity contribution in [2.24, 2.45) is 0 Å². The first-order chi connectivity index (χ1) is 7.29. The Balaban J connectivity index is 2.13. The monoisotopic (exact) mass is 241 g/mol. The van der Waals surface area contributed by atoms with Gasteiger partial charge in [0.25, 0.3) is 0 Å². The minimum Gasteiger partial charge on any atom is -0.389 e. The molecule has 0 aromatic heterocycles. The van der Waals surface area contributed by atoms with Gasteiger partial charge in [-0.1, -0.05) is 0 Å². The number of piperidine rings is 1. The molecule has 0 aromatic rings. The van der Waals surface area contributed by atoms with Crippen LogP contribution in [0.1, 0.15) is 19.8 Å². The van der Waals surface area contributed by atoms with E-state index in [0.29, 0.717) is 13.1 Å². The maximum absolute atomic E-state index is 11.8. The molecule has 96 valence electrons. The summed E-state index contributed by atoms with van der Waals surface area (Å²) < 4.78 is 39.8. The number of hydrogen-bond acceptors (Lipinski definition) is 3. The number of halogens is 3. The lowest BCUT2D eigenvalue weighted by molar-refractivity contribution is -0.175. The van der Waals surface area contributed by atoms with Crippen LogP contribution >= 0.6 is 0 Å².